The second-order valence-electron chi connectivity index (χ2n) is 5.16. The lowest BCUT2D eigenvalue weighted by atomic mass is 9.85. The highest BCUT2D eigenvalue weighted by Gasteiger charge is 2.17. The fraction of sp³-hybridized carbons (Fsp3) is 0.571. The van der Waals surface area contributed by atoms with Crippen molar-refractivity contribution in [3.63, 3.8) is 0 Å². The maximum absolute atomic E-state index is 13.6. The van der Waals surface area contributed by atoms with Crippen LogP contribution in [-0.4, -0.2) is 6.54 Å². The molecule has 0 atom stereocenters. The Morgan fingerprint density at radius 2 is 1.76 bits per heavy atom. The van der Waals surface area contributed by atoms with Gasteiger partial charge in [-0.05, 0) is 36.0 Å². The molecule has 1 rings (SSSR count). The number of anilines is 1. The SMILES string of the molecule is CC(C)C(CNc1ccc(Cl)cc1F)C(C)C. The molecule has 0 fully saturated rings. The molecule has 0 amide bonds. The first-order valence-electron chi connectivity index (χ1n) is 6.10. The molecule has 3 heteroatoms. The van der Waals surface area contributed by atoms with Crippen molar-refractivity contribution in [1.82, 2.24) is 0 Å². The number of hydrogen-bond donors (Lipinski definition) is 1. The van der Waals surface area contributed by atoms with Gasteiger partial charge in [0.1, 0.15) is 5.82 Å². The summed E-state index contributed by atoms with van der Waals surface area (Å²) in [5, 5.41) is 3.60. The van der Waals surface area contributed by atoms with Crippen molar-refractivity contribution in [2.45, 2.75) is 27.7 Å². The largest absolute Gasteiger partial charge is 0.382 e. The maximum atomic E-state index is 13.6. The van der Waals surface area contributed by atoms with Crippen LogP contribution >= 0.6 is 11.6 Å². The Morgan fingerprint density at radius 3 is 2.24 bits per heavy atom. The summed E-state index contributed by atoms with van der Waals surface area (Å²) in [7, 11) is 0. The standard InChI is InChI=1S/C14H21ClFN/c1-9(2)12(10(3)4)8-17-14-6-5-11(15)7-13(14)16/h5-7,9-10,12,17H,8H2,1-4H3. The third-order valence-electron chi connectivity index (χ3n) is 3.17. The molecule has 0 spiro atoms. The molecular formula is C14H21ClFN. The van der Waals surface area contributed by atoms with Crippen LogP contribution in [0.4, 0.5) is 10.1 Å². The van der Waals surface area contributed by atoms with E-state index >= 15 is 0 Å². The number of rotatable bonds is 5. The molecule has 0 heterocycles. The highest BCUT2D eigenvalue weighted by molar-refractivity contribution is 6.30. The molecule has 0 aromatic heterocycles. The Balaban J connectivity index is 2.65. The summed E-state index contributed by atoms with van der Waals surface area (Å²) >= 11 is 5.71. The van der Waals surface area contributed by atoms with Crippen LogP contribution in [0.5, 0.6) is 0 Å². The maximum Gasteiger partial charge on any atom is 0.147 e. The highest BCUT2D eigenvalue weighted by Crippen LogP contribution is 2.23. The molecule has 1 aromatic rings. The Bertz CT molecular complexity index is 355. The molecule has 17 heavy (non-hydrogen) atoms. The van der Waals surface area contributed by atoms with Crippen LogP contribution in [0.1, 0.15) is 27.7 Å². The molecule has 0 saturated heterocycles. The monoisotopic (exact) mass is 257 g/mol. The van der Waals surface area contributed by atoms with Gasteiger partial charge in [-0.3, -0.25) is 0 Å². The van der Waals surface area contributed by atoms with Crippen LogP contribution < -0.4 is 5.32 Å². The van der Waals surface area contributed by atoms with Crippen molar-refractivity contribution in [3.8, 4) is 0 Å². The first-order valence-corrected chi connectivity index (χ1v) is 6.48. The molecule has 0 aliphatic heterocycles. The Morgan fingerprint density at radius 1 is 1.18 bits per heavy atom. The lowest BCUT2D eigenvalue weighted by molar-refractivity contribution is 0.304. The van der Waals surface area contributed by atoms with Crippen LogP contribution in [0.2, 0.25) is 5.02 Å². The summed E-state index contributed by atoms with van der Waals surface area (Å²) in [6, 6.07) is 4.73. The van der Waals surface area contributed by atoms with Gasteiger partial charge in [-0.15, -0.1) is 0 Å². The van der Waals surface area contributed by atoms with Crippen LogP contribution in [-0.2, 0) is 0 Å². The third-order valence-corrected chi connectivity index (χ3v) is 3.41. The quantitative estimate of drug-likeness (QED) is 0.798. The van der Waals surface area contributed by atoms with E-state index in [0.29, 0.717) is 28.5 Å². The van der Waals surface area contributed by atoms with Gasteiger partial charge in [-0.1, -0.05) is 39.3 Å². The van der Waals surface area contributed by atoms with E-state index in [2.05, 4.69) is 33.0 Å². The lowest BCUT2D eigenvalue weighted by Crippen LogP contribution is -2.24. The highest BCUT2D eigenvalue weighted by atomic mass is 35.5. The Hall–Kier alpha value is -0.760. The fourth-order valence-corrected chi connectivity index (χ4v) is 2.26. The molecule has 0 radical (unpaired) electrons. The van der Waals surface area contributed by atoms with Gasteiger partial charge >= 0.3 is 0 Å². The number of halogens is 2. The first kappa shape index (κ1) is 14.3. The van der Waals surface area contributed by atoms with Gasteiger partial charge in [0.05, 0.1) is 5.69 Å². The predicted molar refractivity (Wildman–Crippen MR) is 73.1 cm³/mol. The minimum atomic E-state index is -0.288. The zero-order valence-corrected chi connectivity index (χ0v) is 11.7. The number of nitrogens with one attached hydrogen (secondary N) is 1. The molecule has 0 aliphatic carbocycles. The van der Waals surface area contributed by atoms with Crippen molar-refractivity contribution >= 4 is 17.3 Å². The van der Waals surface area contributed by atoms with E-state index in [9.17, 15) is 4.39 Å². The molecule has 1 nitrogen and oxygen atoms in total. The van der Waals surface area contributed by atoms with Gasteiger partial charge in [0, 0.05) is 11.6 Å². The molecular weight excluding hydrogens is 237 g/mol. The summed E-state index contributed by atoms with van der Waals surface area (Å²) in [6.45, 7) is 9.58. The van der Waals surface area contributed by atoms with Crippen LogP contribution in [0, 0.1) is 23.6 Å². The van der Waals surface area contributed by atoms with Crippen LogP contribution in [0.3, 0.4) is 0 Å². The Labute approximate surface area is 108 Å². The minimum Gasteiger partial charge on any atom is -0.382 e. The van der Waals surface area contributed by atoms with Crippen molar-refractivity contribution in [2.24, 2.45) is 17.8 Å². The van der Waals surface area contributed by atoms with E-state index in [4.69, 9.17) is 11.6 Å². The summed E-state index contributed by atoms with van der Waals surface area (Å²) in [4.78, 5) is 0. The molecule has 96 valence electrons. The van der Waals surface area contributed by atoms with E-state index in [1.54, 1.807) is 12.1 Å². The molecule has 0 saturated carbocycles. The lowest BCUT2D eigenvalue weighted by Gasteiger charge is -2.25. The molecule has 0 unspecified atom stereocenters. The van der Waals surface area contributed by atoms with Gasteiger partial charge in [0.25, 0.3) is 0 Å². The van der Waals surface area contributed by atoms with Crippen LogP contribution in [0.15, 0.2) is 18.2 Å². The zero-order valence-electron chi connectivity index (χ0n) is 10.9. The van der Waals surface area contributed by atoms with Gasteiger partial charge in [0.15, 0.2) is 0 Å². The van der Waals surface area contributed by atoms with Crippen molar-refractivity contribution < 1.29 is 4.39 Å². The van der Waals surface area contributed by atoms with E-state index in [0.717, 1.165) is 6.54 Å². The summed E-state index contributed by atoms with van der Waals surface area (Å²) in [5.74, 6) is 1.41. The predicted octanol–water partition coefficient (Wildman–Crippen LogP) is 4.82. The summed E-state index contributed by atoms with van der Waals surface area (Å²) in [6.07, 6.45) is 0. The normalized spacial score (nSPS) is 11.6. The average Bonchev–Trinajstić information content (AvgIpc) is 2.20. The Kier molecular flexibility index (Phi) is 5.26. The fourth-order valence-electron chi connectivity index (χ4n) is 2.10. The van der Waals surface area contributed by atoms with Crippen molar-refractivity contribution in [3.05, 3.63) is 29.0 Å². The van der Waals surface area contributed by atoms with E-state index < -0.39 is 0 Å². The van der Waals surface area contributed by atoms with Crippen LogP contribution in [0.25, 0.3) is 0 Å². The topological polar surface area (TPSA) is 12.0 Å². The summed E-state index contributed by atoms with van der Waals surface area (Å²) in [5.41, 5.74) is 0.528. The zero-order chi connectivity index (χ0) is 13.0. The van der Waals surface area contributed by atoms with E-state index in [-0.39, 0.29) is 5.82 Å². The van der Waals surface area contributed by atoms with Gasteiger partial charge in [-0.2, -0.15) is 0 Å². The van der Waals surface area contributed by atoms with Gasteiger partial charge in [0.2, 0.25) is 0 Å². The molecule has 0 bridgehead atoms. The molecule has 1 aromatic carbocycles. The number of hydrogen-bond acceptors (Lipinski definition) is 1. The molecule has 1 N–H and O–H groups in total. The first-order chi connectivity index (χ1) is 7.91. The average molecular weight is 258 g/mol. The van der Waals surface area contributed by atoms with Gasteiger partial charge in [-0.25, -0.2) is 4.39 Å². The minimum absolute atomic E-state index is 0.288. The summed E-state index contributed by atoms with van der Waals surface area (Å²) < 4.78 is 13.6. The second-order valence-corrected chi connectivity index (χ2v) is 5.59. The number of benzene rings is 1. The smallest absolute Gasteiger partial charge is 0.147 e. The third kappa shape index (κ3) is 4.19. The second kappa shape index (κ2) is 6.25. The van der Waals surface area contributed by atoms with E-state index in [1.165, 1.54) is 6.07 Å². The van der Waals surface area contributed by atoms with Crippen molar-refractivity contribution in [1.29, 1.82) is 0 Å². The van der Waals surface area contributed by atoms with Gasteiger partial charge < -0.3 is 5.32 Å². The van der Waals surface area contributed by atoms with E-state index in [1.807, 2.05) is 0 Å². The molecule has 0 aliphatic rings. The van der Waals surface area contributed by atoms with Crippen molar-refractivity contribution in [2.75, 3.05) is 11.9 Å².